The monoisotopic (exact) mass is 399 g/mol. The summed E-state index contributed by atoms with van der Waals surface area (Å²) < 4.78 is 0. The van der Waals surface area contributed by atoms with Crippen LogP contribution in [0.1, 0.15) is 47.1 Å². The number of hydrogen-bond acceptors (Lipinski definition) is 6. The predicted molar refractivity (Wildman–Crippen MR) is 113 cm³/mol. The van der Waals surface area contributed by atoms with Crippen LogP contribution in [0.2, 0.25) is 0 Å². The second-order valence-corrected chi connectivity index (χ2v) is 9.19. The lowest BCUT2D eigenvalue weighted by Crippen LogP contribution is -2.46. The average molecular weight is 400 g/mol. The quantitative estimate of drug-likeness (QED) is 0.790. The highest BCUT2D eigenvalue weighted by Gasteiger charge is 2.30. The van der Waals surface area contributed by atoms with E-state index in [1.807, 2.05) is 11.1 Å². The molecule has 0 aliphatic carbocycles. The highest BCUT2D eigenvalue weighted by molar-refractivity contribution is 7.11. The molecular formula is C21H29N5OS. The van der Waals surface area contributed by atoms with E-state index in [1.165, 1.54) is 10.6 Å². The molecule has 2 aliphatic heterocycles. The van der Waals surface area contributed by atoms with Crippen LogP contribution in [0.3, 0.4) is 0 Å². The van der Waals surface area contributed by atoms with Gasteiger partial charge in [-0.25, -0.2) is 4.98 Å². The number of pyridine rings is 1. The van der Waals surface area contributed by atoms with Gasteiger partial charge in [-0.2, -0.15) is 0 Å². The van der Waals surface area contributed by atoms with E-state index in [1.54, 1.807) is 18.3 Å². The number of aromatic nitrogens is 2. The number of thiazole rings is 1. The number of carbonyl (C=O) groups is 1. The van der Waals surface area contributed by atoms with Gasteiger partial charge in [-0.15, -0.1) is 11.3 Å². The molecule has 4 heterocycles. The lowest BCUT2D eigenvalue weighted by atomic mass is 10.1. The van der Waals surface area contributed by atoms with Gasteiger partial charge < -0.3 is 9.80 Å². The number of aryl methyl sites for hydroxylation is 2. The van der Waals surface area contributed by atoms with Gasteiger partial charge in [0.25, 0.3) is 0 Å². The molecule has 0 N–H and O–H groups in total. The molecule has 1 amide bonds. The molecule has 2 aromatic rings. The summed E-state index contributed by atoms with van der Waals surface area (Å²) in [4.78, 5) is 29.4. The molecule has 2 fully saturated rings. The maximum atomic E-state index is 12.0. The first-order valence-electron chi connectivity index (χ1n) is 10.1. The minimum Gasteiger partial charge on any atom is -0.369 e. The fourth-order valence-corrected chi connectivity index (χ4v) is 5.18. The minimum atomic E-state index is 0.131. The van der Waals surface area contributed by atoms with E-state index in [9.17, 15) is 4.79 Å². The van der Waals surface area contributed by atoms with Crippen LogP contribution >= 0.6 is 11.3 Å². The van der Waals surface area contributed by atoms with Crippen molar-refractivity contribution < 1.29 is 4.79 Å². The Labute approximate surface area is 171 Å². The van der Waals surface area contributed by atoms with Crippen molar-refractivity contribution in [3.63, 3.8) is 0 Å². The van der Waals surface area contributed by atoms with E-state index in [0.29, 0.717) is 0 Å². The molecule has 0 aromatic carbocycles. The summed E-state index contributed by atoms with van der Waals surface area (Å²) in [5.74, 6) is 0.152. The molecule has 4 rings (SSSR count). The van der Waals surface area contributed by atoms with Gasteiger partial charge in [0.1, 0.15) is 0 Å². The van der Waals surface area contributed by atoms with Gasteiger partial charge >= 0.3 is 0 Å². The van der Waals surface area contributed by atoms with Crippen molar-refractivity contribution in [2.24, 2.45) is 0 Å². The number of rotatable bonds is 4. The zero-order valence-corrected chi connectivity index (χ0v) is 17.8. The second-order valence-electron chi connectivity index (χ2n) is 7.87. The number of anilines is 1. The molecule has 0 saturated carbocycles. The van der Waals surface area contributed by atoms with E-state index < -0.39 is 0 Å². The largest absolute Gasteiger partial charge is 0.369 e. The molecule has 2 aliphatic rings. The lowest BCUT2D eigenvalue weighted by molar-refractivity contribution is -0.129. The average Bonchev–Trinajstić information content (AvgIpc) is 3.31. The standard InChI is InChI=1S/C21H29N5OS/c1-15-11-18(12-20(23-15)21-5-4-6-26(21)17(3)27)25-9-7-24(8-10-25)14-19-13-22-16(2)28-19/h11-13,21H,4-10,14H2,1-3H3/t21-/m1/s1. The molecule has 6 nitrogen and oxygen atoms in total. The van der Waals surface area contributed by atoms with Gasteiger partial charge in [0.2, 0.25) is 5.91 Å². The van der Waals surface area contributed by atoms with E-state index >= 15 is 0 Å². The van der Waals surface area contributed by atoms with Gasteiger partial charge in [-0.3, -0.25) is 14.7 Å². The first-order chi connectivity index (χ1) is 13.5. The Kier molecular flexibility index (Phi) is 5.64. The van der Waals surface area contributed by atoms with Gasteiger partial charge in [0, 0.05) is 68.6 Å². The van der Waals surface area contributed by atoms with Crippen LogP contribution in [0, 0.1) is 13.8 Å². The Morgan fingerprint density at radius 3 is 2.64 bits per heavy atom. The summed E-state index contributed by atoms with van der Waals surface area (Å²) in [6.45, 7) is 11.8. The third-order valence-corrected chi connectivity index (χ3v) is 6.64. The Balaban J connectivity index is 1.43. The minimum absolute atomic E-state index is 0.131. The van der Waals surface area contributed by atoms with Gasteiger partial charge in [0.05, 0.1) is 16.7 Å². The normalized spacial score (nSPS) is 20.8. The fourth-order valence-electron chi connectivity index (χ4n) is 4.34. The first-order valence-corrected chi connectivity index (χ1v) is 11.0. The molecule has 28 heavy (non-hydrogen) atoms. The third-order valence-electron chi connectivity index (χ3n) is 5.74. The molecule has 150 valence electrons. The van der Waals surface area contributed by atoms with Crippen LogP contribution in [-0.4, -0.2) is 58.4 Å². The molecule has 2 saturated heterocycles. The van der Waals surface area contributed by atoms with Crippen molar-refractivity contribution in [1.82, 2.24) is 19.8 Å². The Bertz CT molecular complexity index is 843. The summed E-state index contributed by atoms with van der Waals surface area (Å²) in [6, 6.07) is 4.52. The van der Waals surface area contributed by atoms with E-state index in [2.05, 4.69) is 40.8 Å². The first kappa shape index (κ1) is 19.3. The molecule has 7 heteroatoms. The molecular weight excluding hydrogens is 370 g/mol. The van der Waals surface area contributed by atoms with Crippen molar-refractivity contribution in [3.05, 3.63) is 39.6 Å². The van der Waals surface area contributed by atoms with Crippen molar-refractivity contribution in [1.29, 1.82) is 0 Å². The molecule has 0 bridgehead atoms. The summed E-state index contributed by atoms with van der Waals surface area (Å²) in [5, 5.41) is 1.14. The van der Waals surface area contributed by atoms with E-state index in [4.69, 9.17) is 4.98 Å². The zero-order chi connectivity index (χ0) is 19.7. The van der Waals surface area contributed by atoms with E-state index in [-0.39, 0.29) is 11.9 Å². The molecule has 1 atom stereocenters. The molecule has 0 unspecified atom stereocenters. The topological polar surface area (TPSA) is 52.6 Å². The number of likely N-dealkylation sites (tertiary alicyclic amines) is 1. The number of nitrogens with zero attached hydrogens (tertiary/aromatic N) is 5. The Hall–Kier alpha value is -1.99. The summed E-state index contributed by atoms with van der Waals surface area (Å²) >= 11 is 1.79. The summed E-state index contributed by atoms with van der Waals surface area (Å²) in [6.07, 6.45) is 4.08. The molecule has 0 radical (unpaired) electrons. The van der Waals surface area contributed by atoms with Gasteiger partial charge in [-0.1, -0.05) is 0 Å². The van der Waals surface area contributed by atoms with Crippen molar-refractivity contribution in [2.75, 3.05) is 37.6 Å². The van der Waals surface area contributed by atoms with Crippen LogP contribution in [0.25, 0.3) is 0 Å². The number of hydrogen-bond donors (Lipinski definition) is 0. The van der Waals surface area contributed by atoms with Gasteiger partial charge in [-0.05, 0) is 38.8 Å². The number of amides is 1. The van der Waals surface area contributed by atoms with Crippen molar-refractivity contribution in [3.8, 4) is 0 Å². The maximum absolute atomic E-state index is 12.0. The zero-order valence-electron chi connectivity index (χ0n) is 17.0. The van der Waals surface area contributed by atoms with Crippen LogP contribution in [-0.2, 0) is 11.3 Å². The van der Waals surface area contributed by atoms with Crippen molar-refractivity contribution in [2.45, 2.75) is 46.2 Å². The summed E-state index contributed by atoms with van der Waals surface area (Å²) in [7, 11) is 0. The van der Waals surface area contributed by atoms with Crippen LogP contribution < -0.4 is 4.90 Å². The summed E-state index contributed by atoms with van der Waals surface area (Å²) in [5.41, 5.74) is 3.32. The third kappa shape index (κ3) is 4.20. The fraction of sp³-hybridized carbons (Fsp3) is 0.571. The highest BCUT2D eigenvalue weighted by Crippen LogP contribution is 2.33. The molecule has 0 spiro atoms. The Morgan fingerprint density at radius 2 is 1.96 bits per heavy atom. The van der Waals surface area contributed by atoms with Crippen LogP contribution in [0.15, 0.2) is 18.3 Å². The predicted octanol–water partition coefficient (Wildman–Crippen LogP) is 3.16. The number of piperazine rings is 1. The van der Waals surface area contributed by atoms with Crippen molar-refractivity contribution >= 4 is 22.9 Å². The second kappa shape index (κ2) is 8.17. The van der Waals surface area contributed by atoms with Gasteiger partial charge in [0.15, 0.2) is 0 Å². The van der Waals surface area contributed by atoms with Crippen LogP contribution in [0.4, 0.5) is 5.69 Å². The Morgan fingerprint density at radius 1 is 1.18 bits per heavy atom. The van der Waals surface area contributed by atoms with Crippen LogP contribution in [0.5, 0.6) is 0 Å². The van der Waals surface area contributed by atoms with E-state index in [0.717, 1.165) is 68.5 Å². The number of carbonyl (C=O) groups excluding carboxylic acids is 1. The smallest absolute Gasteiger partial charge is 0.220 e. The maximum Gasteiger partial charge on any atom is 0.220 e. The lowest BCUT2D eigenvalue weighted by Gasteiger charge is -2.36. The highest BCUT2D eigenvalue weighted by atomic mass is 32.1. The molecule has 2 aromatic heterocycles. The SMILES string of the molecule is CC(=O)N1CCC[C@@H]1c1cc(N2CCN(Cc3cnc(C)s3)CC2)cc(C)n1.